The van der Waals surface area contributed by atoms with Crippen LogP contribution in [0.15, 0.2) is 24.3 Å². The maximum atomic E-state index is 12.7. The number of hydrogen-bond acceptors (Lipinski definition) is 4. The van der Waals surface area contributed by atoms with Crippen LogP contribution in [0, 0.1) is 0 Å². The molecule has 2 aliphatic rings. The first-order chi connectivity index (χ1) is 10.3. The van der Waals surface area contributed by atoms with Gasteiger partial charge in [-0.2, -0.15) is 0 Å². The Balaban J connectivity index is 1.95. The van der Waals surface area contributed by atoms with E-state index >= 15 is 0 Å². The summed E-state index contributed by atoms with van der Waals surface area (Å²) >= 11 is 5.84. The van der Waals surface area contributed by atoms with Gasteiger partial charge in [-0.3, -0.25) is 29.4 Å². The molecule has 1 N–H and O–H groups in total. The summed E-state index contributed by atoms with van der Waals surface area (Å²) in [5, 5.41) is 2.65. The fourth-order valence-corrected chi connectivity index (χ4v) is 3.08. The van der Waals surface area contributed by atoms with E-state index in [1.807, 2.05) is 0 Å². The number of carbonyl (C=O) groups is 4. The van der Waals surface area contributed by atoms with Gasteiger partial charge in [0.1, 0.15) is 6.04 Å². The highest BCUT2D eigenvalue weighted by Crippen LogP contribution is 2.38. The minimum Gasteiger partial charge on any atom is -0.295 e. The highest BCUT2D eigenvalue weighted by Gasteiger charge is 2.54. The maximum absolute atomic E-state index is 12.7. The van der Waals surface area contributed by atoms with Crippen molar-refractivity contribution in [2.24, 2.45) is 0 Å². The molecule has 1 aromatic carbocycles. The molecule has 0 saturated carbocycles. The molecule has 2 unspecified atom stereocenters. The molecule has 1 aromatic rings. The molecule has 114 valence electrons. The predicted octanol–water partition coefficient (Wildman–Crippen LogP) is 0.772. The molecule has 0 aromatic heterocycles. The predicted molar refractivity (Wildman–Crippen MR) is 76.8 cm³/mol. The molecule has 6 nitrogen and oxygen atoms in total. The van der Waals surface area contributed by atoms with Gasteiger partial charge in [0.2, 0.25) is 23.6 Å². The van der Waals surface area contributed by atoms with Crippen LogP contribution >= 0.6 is 11.6 Å². The molecule has 7 heteroatoms. The lowest BCUT2D eigenvalue weighted by Gasteiger charge is -2.24. The van der Waals surface area contributed by atoms with E-state index < -0.39 is 35.1 Å². The van der Waals surface area contributed by atoms with Crippen molar-refractivity contribution in [1.82, 2.24) is 10.2 Å². The van der Waals surface area contributed by atoms with Gasteiger partial charge in [-0.05, 0) is 24.6 Å². The van der Waals surface area contributed by atoms with E-state index in [4.69, 9.17) is 11.6 Å². The van der Waals surface area contributed by atoms with Gasteiger partial charge in [0.25, 0.3) is 0 Å². The lowest BCUT2D eigenvalue weighted by molar-refractivity contribution is -0.146. The Hall–Kier alpha value is -2.21. The summed E-state index contributed by atoms with van der Waals surface area (Å²) in [6, 6.07) is 5.64. The van der Waals surface area contributed by atoms with Gasteiger partial charge in [0.15, 0.2) is 0 Å². The van der Waals surface area contributed by atoms with E-state index in [1.165, 1.54) is 0 Å². The van der Waals surface area contributed by atoms with Crippen LogP contribution in [0.3, 0.4) is 0 Å². The summed E-state index contributed by atoms with van der Waals surface area (Å²) in [5.74, 6) is -1.99. The second-order valence-corrected chi connectivity index (χ2v) is 6.15. The maximum Gasteiger partial charge on any atom is 0.250 e. The van der Waals surface area contributed by atoms with Crippen molar-refractivity contribution in [3.8, 4) is 0 Å². The number of rotatable bonds is 2. The molecule has 2 saturated heterocycles. The van der Waals surface area contributed by atoms with Gasteiger partial charge < -0.3 is 0 Å². The van der Waals surface area contributed by atoms with Gasteiger partial charge >= 0.3 is 0 Å². The molecule has 22 heavy (non-hydrogen) atoms. The van der Waals surface area contributed by atoms with Crippen LogP contribution in [0.2, 0.25) is 5.02 Å². The van der Waals surface area contributed by atoms with E-state index in [0.29, 0.717) is 10.6 Å². The van der Waals surface area contributed by atoms with Gasteiger partial charge in [0.05, 0.1) is 11.8 Å². The van der Waals surface area contributed by atoms with Gasteiger partial charge in [-0.25, -0.2) is 0 Å². The number of halogens is 1. The minimum atomic E-state index is -1.05. The van der Waals surface area contributed by atoms with E-state index in [1.54, 1.807) is 31.2 Å². The molecule has 0 bridgehead atoms. The van der Waals surface area contributed by atoms with Crippen LogP contribution in [-0.2, 0) is 24.6 Å². The summed E-state index contributed by atoms with van der Waals surface area (Å²) in [7, 11) is 0. The average Bonchev–Trinajstić information content (AvgIpc) is 2.88. The highest BCUT2D eigenvalue weighted by atomic mass is 35.5. The van der Waals surface area contributed by atoms with Crippen molar-refractivity contribution >= 4 is 35.2 Å². The van der Waals surface area contributed by atoms with Crippen molar-refractivity contribution < 1.29 is 19.2 Å². The van der Waals surface area contributed by atoms with Crippen LogP contribution in [0.4, 0.5) is 0 Å². The summed E-state index contributed by atoms with van der Waals surface area (Å²) in [6.45, 7) is 1.66. The van der Waals surface area contributed by atoms with Crippen molar-refractivity contribution in [3.63, 3.8) is 0 Å². The Bertz CT molecular complexity index is 700. The summed E-state index contributed by atoms with van der Waals surface area (Å²) in [4.78, 5) is 49.0. The third-order valence-corrected chi connectivity index (χ3v) is 4.45. The van der Waals surface area contributed by atoms with Crippen molar-refractivity contribution in [3.05, 3.63) is 34.9 Å². The Morgan fingerprint density at radius 3 is 2.36 bits per heavy atom. The first kappa shape index (κ1) is 14.7. The average molecular weight is 321 g/mol. The number of nitrogens with one attached hydrogen (secondary N) is 1. The number of benzene rings is 1. The minimum absolute atomic E-state index is 0.0363. The molecule has 2 heterocycles. The normalized spacial score (nSPS) is 28.5. The van der Waals surface area contributed by atoms with Gasteiger partial charge in [-0.1, -0.05) is 23.7 Å². The number of carbonyl (C=O) groups excluding carboxylic acids is 4. The third kappa shape index (κ3) is 2.11. The topological polar surface area (TPSA) is 83.6 Å². The molecule has 0 radical (unpaired) electrons. The van der Waals surface area contributed by atoms with Crippen molar-refractivity contribution in [1.29, 1.82) is 0 Å². The van der Waals surface area contributed by atoms with Crippen LogP contribution in [0.1, 0.15) is 25.3 Å². The standard InChI is InChI=1S/C15H13ClN2O4/c1-15(8-2-4-9(16)5-3-8)7-12(20)18(14(15)22)10-6-11(19)17-13(10)21/h2-5,10H,6-7H2,1H3,(H,17,19,21). The van der Waals surface area contributed by atoms with Crippen LogP contribution in [-0.4, -0.2) is 34.6 Å². The molecule has 2 atom stereocenters. The molecule has 0 aliphatic carbocycles. The number of imide groups is 2. The molecule has 3 rings (SSSR count). The first-order valence-corrected chi connectivity index (χ1v) is 7.17. The molecule has 0 spiro atoms. The zero-order valence-electron chi connectivity index (χ0n) is 11.8. The number of amides is 4. The van der Waals surface area contributed by atoms with E-state index in [2.05, 4.69) is 5.32 Å². The van der Waals surface area contributed by atoms with Crippen LogP contribution in [0.5, 0.6) is 0 Å². The van der Waals surface area contributed by atoms with Gasteiger partial charge in [-0.15, -0.1) is 0 Å². The summed E-state index contributed by atoms with van der Waals surface area (Å²) < 4.78 is 0. The fraction of sp³-hybridized carbons (Fsp3) is 0.333. The Labute approximate surface area is 131 Å². The quantitative estimate of drug-likeness (QED) is 0.816. The number of hydrogen-bond donors (Lipinski definition) is 1. The Kier molecular flexibility index (Phi) is 3.29. The second-order valence-electron chi connectivity index (χ2n) is 5.72. The smallest absolute Gasteiger partial charge is 0.250 e. The van der Waals surface area contributed by atoms with E-state index in [0.717, 1.165) is 4.90 Å². The number of likely N-dealkylation sites (tertiary alicyclic amines) is 1. The molecule has 2 aliphatic heterocycles. The lowest BCUT2D eigenvalue weighted by Crippen LogP contribution is -2.46. The van der Waals surface area contributed by atoms with Gasteiger partial charge in [0, 0.05) is 11.4 Å². The zero-order valence-corrected chi connectivity index (χ0v) is 12.5. The van der Waals surface area contributed by atoms with Crippen molar-refractivity contribution in [2.45, 2.75) is 31.2 Å². The van der Waals surface area contributed by atoms with E-state index in [9.17, 15) is 19.2 Å². The summed E-state index contributed by atoms with van der Waals surface area (Å²) in [5.41, 5.74) is -0.393. The van der Waals surface area contributed by atoms with E-state index in [-0.39, 0.29) is 12.8 Å². The monoisotopic (exact) mass is 320 g/mol. The zero-order chi connectivity index (χ0) is 16.1. The van der Waals surface area contributed by atoms with Crippen molar-refractivity contribution in [2.75, 3.05) is 0 Å². The highest BCUT2D eigenvalue weighted by molar-refractivity contribution is 6.30. The Morgan fingerprint density at radius 2 is 1.82 bits per heavy atom. The first-order valence-electron chi connectivity index (χ1n) is 6.79. The second kappa shape index (κ2) is 4.91. The molecular weight excluding hydrogens is 308 g/mol. The summed E-state index contributed by atoms with van der Waals surface area (Å²) in [6.07, 6.45) is -0.210. The lowest BCUT2D eigenvalue weighted by atomic mass is 9.81. The number of nitrogens with zero attached hydrogens (tertiary/aromatic N) is 1. The van der Waals surface area contributed by atoms with Crippen LogP contribution in [0.25, 0.3) is 0 Å². The third-order valence-electron chi connectivity index (χ3n) is 4.20. The fourth-order valence-electron chi connectivity index (χ4n) is 2.95. The van der Waals surface area contributed by atoms with Crippen LogP contribution < -0.4 is 5.32 Å². The Morgan fingerprint density at radius 1 is 1.18 bits per heavy atom. The molecule has 2 fully saturated rings. The molecule has 4 amide bonds. The SMILES string of the molecule is CC1(c2ccc(Cl)cc2)CC(=O)N(C2CC(=O)NC2=O)C1=O. The molecular formula is C15H13ClN2O4. The largest absolute Gasteiger partial charge is 0.295 e.